The maximum absolute atomic E-state index is 4.67. The molecule has 1 aliphatic rings. The second-order valence-electron chi connectivity index (χ2n) is 5.42. The van der Waals surface area contributed by atoms with Gasteiger partial charge in [0.25, 0.3) is 0 Å². The van der Waals surface area contributed by atoms with Gasteiger partial charge in [-0.15, -0.1) is 11.3 Å². The van der Waals surface area contributed by atoms with Crippen molar-refractivity contribution in [2.45, 2.75) is 46.1 Å². The predicted octanol–water partition coefficient (Wildman–Crippen LogP) is 4.06. The van der Waals surface area contributed by atoms with Crippen LogP contribution in [0.15, 0.2) is 18.2 Å². The Morgan fingerprint density at radius 2 is 2.15 bits per heavy atom. The Labute approximate surface area is 124 Å². The van der Waals surface area contributed by atoms with E-state index in [0.717, 1.165) is 30.3 Å². The van der Waals surface area contributed by atoms with Gasteiger partial charge in [-0.3, -0.25) is 0 Å². The van der Waals surface area contributed by atoms with E-state index in [9.17, 15) is 0 Å². The molecule has 2 aromatic rings. The highest BCUT2D eigenvalue weighted by Gasteiger charge is 2.28. The molecule has 4 heteroatoms. The Morgan fingerprint density at radius 3 is 2.85 bits per heavy atom. The number of hydrogen-bond acceptors (Lipinski definition) is 4. The van der Waals surface area contributed by atoms with Crippen molar-refractivity contribution < 1.29 is 0 Å². The summed E-state index contributed by atoms with van der Waals surface area (Å²) in [6.45, 7) is 7.41. The van der Waals surface area contributed by atoms with Gasteiger partial charge in [0.05, 0.1) is 6.04 Å². The number of nitrogens with zero attached hydrogens (tertiary/aromatic N) is 3. The highest BCUT2D eigenvalue weighted by Crippen LogP contribution is 2.38. The molecule has 0 radical (unpaired) electrons. The van der Waals surface area contributed by atoms with E-state index in [1.54, 1.807) is 0 Å². The van der Waals surface area contributed by atoms with E-state index in [-0.39, 0.29) is 0 Å². The molecular weight excluding hydrogens is 266 g/mol. The Morgan fingerprint density at radius 1 is 1.30 bits per heavy atom. The second kappa shape index (κ2) is 5.52. The zero-order chi connectivity index (χ0) is 14.1. The Kier molecular flexibility index (Phi) is 3.74. The van der Waals surface area contributed by atoms with E-state index in [2.05, 4.69) is 46.9 Å². The summed E-state index contributed by atoms with van der Waals surface area (Å²) in [4.78, 5) is 14.5. The van der Waals surface area contributed by atoms with Crippen LogP contribution >= 0.6 is 11.3 Å². The first-order chi connectivity index (χ1) is 9.67. The SMILES string of the molecule is CCc1cc(N2CCCC2c2ccc(C)s2)nc(C)n1. The number of aryl methyl sites for hydroxylation is 3. The Bertz CT molecular complexity index is 606. The summed E-state index contributed by atoms with van der Waals surface area (Å²) in [6, 6.07) is 7.15. The molecule has 3 rings (SSSR count). The van der Waals surface area contributed by atoms with Gasteiger partial charge < -0.3 is 4.90 Å². The molecule has 0 aromatic carbocycles. The summed E-state index contributed by atoms with van der Waals surface area (Å²) >= 11 is 1.91. The fourth-order valence-electron chi connectivity index (χ4n) is 2.91. The third kappa shape index (κ3) is 2.57. The molecular formula is C16H21N3S. The zero-order valence-electron chi connectivity index (χ0n) is 12.4. The van der Waals surface area contributed by atoms with Gasteiger partial charge in [-0.1, -0.05) is 6.92 Å². The van der Waals surface area contributed by atoms with E-state index in [4.69, 9.17) is 0 Å². The van der Waals surface area contributed by atoms with Crippen molar-refractivity contribution in [1.82, 2.24) is 9.97 Å². The molecule has 1 fully saturated rings. The fourth-order valence-corrected chi connectivity index (χ4v) is 3.93. The smallest absolute Gasteiger partial charge is 0.133 e. The zero-order valence-corrected chi connectivity index (χ0v) is 13.2. The van der Waals surface area contributed by atoms with Crippen LogP contribution in [-0.2, 0) is 6.42 Å². The normalized spacial score (nSPS) is 18.8. The first kappa shape index (κ1) is 13.6. The van der Waals surface area contributed by atoms with Gasteiger partial charge >= 0.3 is 0 Å². The van der Waals surface area contributed by atoms with Crippen LogP contribution in [0, 0.1) is 13.8 Å². The van der Waals surface area contributed by atoms with E-state index in [1.807, 2.05) is 18.3 Å². The van der Waals surface area contributed by atoms with Gasteiger partial charge in [0.1, 0.15) is 11.6 Å². The quantitative estimate of drug-likeness (QED) is 0.852. The lowest BCUT2D eigenvalue weighted by Gasteiger charge is -2.25. The van der Waals surface area contributed by atoms with E-state index in [1.165, 1.54) is 22.6 Å². The van der Waals surface area contributed by atoms with Gasteiger partial charge in [-0.2, -0.15) is 0 Å². The standard InChI is InChI=1S/C16H21N3S/c1-4-13-10-16(18-12(3)17-13)19-9-5-6-14(19)15-8-7-11(2)20-15/h7-8,10,14H,4-6,9H2,1-3H3. The average molecular weight is 287 g/mol. The van der Waals surface area contributed by atoms with Gasteiger partial charge in [0, 0.05) is 28.1 Å². The molecule has 3 heterocycles. The van der Waals surface area contributed by atoms with Crippen LogP contribution in [-0.4, -0.2) is 16.5 Å². The summed E-state index contributed by atoms with van der Waals surface area (Å²) in [5.41, 5.74) is 1.14. The molecule has 1 saturated heterocycles. The number of thiophene rings is 1. The van der Waals surface area contributed by atoms with Crippen molar-refractivity contribution in [2.24, 2.45) is 0 Å². The van der Waals surface area contributed by atoms with Crippen molar-refractivity contribution in [3.8, 4) is 0 Å². The molecule has 1 unspecified atom stereocenters. The number of aromatic nitrogens is 2. The van der Waals surface area contributed by atoms with Crippen LogP contribution in [0.25, 0.3) is 0 Å². The molecule has 3 nitrogen and oxygen atoms in total. The predicted molar refractivity (Wildman–Crippen MR) is 84.5 cm³/mol. The maximum atomic E-state index is 4.67. The molecule has 0 aliphatic carbocycles. The van der Waals surface area contributed by atoms with E-state index < -0.39 is 0 Å². The van der Waals surface area contributed by atoms with Gasteiger partial charge in [-0.05, 0) is 45.2 Å². The Balaban J connectivity index is 1.94. The molecule has 0 spiro atoms. The molecule has 1 atom stereocenters. The van der Waals surface area contributed by atoms with E-state index in [0.29, 0.717) is 6.04 Å². The van der Waals surface area contributed by atoms with Crippen molar-refractivity contribution in [1.29, 1.82) is 0 Å². The Hall–Kier alpha value is -1.42. The first-order valence-corrected chi connectivity index (χ1v) is 8.16. The molecule has 0 N–H and O–H groups in total. The molecule has 106 valence electrons. The van der Waals surface area contributed by atoms with Crippen LogP contribution in [0.3, 0.4) is 0 Å². The molecule has 0 saturated carbocycles. The van der Waals surface area contributed by atoms with Crippen LogP contribution in [0.2, 0.25) is 0 Å². The lowest BCUT2D eigenvalue weighted by atomic mass is 10.2. The summed E-state index contributed by atoms with van der Waals surface area (Å²) in [7, 11) is 0. The maximum Gasteiger partial charge on any atom is 0.133 e. The summed E-state index contributed by atoms with van der Waals surface area (Å²) < 4.78 is 0. The summed E-state index contributed by atoms with van der Waals surface area (Å²) in [6.07, 6.45) is 3.43. The molecule has 0 amide bonds. The van der Waals surface area contributed by atoms with Crippen molar-refractivity contribution >= 4 is 17.2 Å². The van der Waals surface area contributed by atoms with Crippen molar-refractivity contribution in [2.75, 3.05) is 11.4 Å². The third-order valence-corrected chi connectivity index (χ3v) is 4.98. The lowest BCUT2D eigenvalue weighted by molar-refractivity contribution is 0.720. The number of anilines is 1. The second-order valence-corrected chi connectivity index (χ2v) is 6.74. The van der Waals surface area contributed by atoms with Gasteiger partial charge in [0.2, 0.25) is 0 Å². The van der Waals surface area contributed by atoms with Gasteiger partial charge in [-0.25, -0.2) is 9.97 Å². The molecule has 20 heavy (non-hydrogen) atoms. The number of hydrogen-bond donors (Lipinski definition) is 0. The van der Waals surface area contributed by atoms with E-state index >= 15 is 0 Å². The largest absolute Gasteiger partial charge is 0.349 e. The average Bonchev–Trinajstić information content (AvgIpc) is 3.06. The van der Waals surface area contributed by atoms with Crippen molar-refractivity contribution in [3.63, 3.8) is 0 Å². The monoisotopic (exact) mass is 287 g/mol. The highest BCUT2D eigenvalue weighted by molar-refractivity contribution is 7.12. The molecule has 1 aliphatic heterocycles. The lowest BCUT2D eigenvalue weighted by Crippen LogP contribution is -2.23. The minimum atomic E-state index is 0.493. The number of rotatable bonds is 3. The van der Waals surface area contributed by atoms with Gasteiger partial charge in [0.15, 0.2) is 0 Å². The minimum absolute atomic E-state index is 0.493. The summed E-state index contributed by atoms with van der Waals surface area (Å²) in [5, 5.41) is 0. The third-order valence-electron chi connectivity index (χ3n) is 3.88. The highest BCUT2D eigenvalue weighted by atomic mass is 32.1. The molecule has 2 aromatic heterocycles. The minimum Gasteiger partial charge on any atom is -0.349 e. The van der Waals surface area contributed by atoms with Crippen LogP contribution in [0.1, 0.15) is 47.1 Å². The van der Waals surface area contributed by atoms with Crippen LogP contribution in [0.5, 0.6) is 0 Å². The molecule has 0 bridgehead atoms. The first-order valence-electron chi connectivity index (χ1n) is 7.35. The summed E-state index contributed by atoms with van der Waals surface area (Å²) in [5.74, 6) is 1.98. The van der Waals surface area contributed by atoms with Crippen molar-refractivity contribution in [3.05, 3.63) is 39.5 Å². The van der Waals surface area contributed by atoms with Crippen LogP contribution in [0.4, 0.5) is 5.82 Å². The fraction of sp³-hybridized carbons (Fsp3) is 0.500. The van der Waals surface area contributed by atoms with Crippen LogP contribution < -0.4 is 4.90 Å². The topological polar surface area (TPSA) is 29.0 Å².